The van der Waals surface area contributed by atoms with Crippen LogP contribution in [-0.2, 0) is 0 Å². The Morgan fingerprint density at radius 1 is 1.31 bits per heavy atom. The standard InChI is InChI=1S/C20H28F2N4O2.ClH/c21-20(22)8-5-12(6-9-20)17-13-3-1-2-4-15(13)26-18(17)19(28)25-11-14(24)16(27)7-10-23;/h1-4,12,14,16,26-27H,5-11,23-24H2,(H,25,28);1H/t14-,16?;/m0./s1. The van der Waals surface area contributed by atoms with E-state index in [4.69, 9.17) is 11.5 Å². The Morgan fingerprint density at radius 2 is 1.97 bits per heavy atom. The first-order valence-electron chi connectivity index (χ1n) is 9.72. The highest BCUT2D eigenvalue weighted by atomic mass is 35.5. The molecule has 1 heterocycles. The molecule has 1 aromatic carbocycles. The van der Waals surface area contributed by atoms with E-state index in [1.54, 1.807) is 0 Å². The van der Waals surface area contributed by atoms with Gasteiger partial charge in [-0.3, -0.25) is 4.79 Å². The van der Waals surface area contributed by atoms with Crippen molar-refractivity contribution in [2.75, 3.05) is 13.1 Å². The number of halogens is 3. The van der Waals surface area contributed by atoms with Crippen LogP contribution in [0, 0.1) is 0 Å². The van der Waals surface area contributed by atoms with E-state index in [1.165, 1.54) is 0 Å². The van der Waals surface area contributed by atoms with Gasteiger partial charge in [0.25, 0.3) is 5.91 Å². The topological polar surface area (TPSA) is 117 Å². The first kappa shape index (κ1) is 23.5. The summed E-state index contributed by atoms with van der Waals surface area (Å²) in [5, 5.41) is 13.5. The highest BCUT2D eigenvalue weighted by Gasteiger charge is 2.37. The highest BCUT2D eigenvalue weighted by molar-refractivity contribution is 6.01. The minimum atomic E-state index is -2.63. The molecule has 29 heavy (non-hydrogen) atoms. The number of nitrogens with one attached hydrogen (secondary N) is 2. The summed E-state index contributed by atoms with van der Waals surface area (Å²) in [4.78, 5) is 16.0. The summed E-state index contributed by atoms with van der Waals surface area (Å²) in [7, 11) is 0. The van der Waals surface area contributed by atoms with Gasteiger partial charge >= 0.3 is 0 Å². The maximum absolute atomic E-state index is 13.6. The molecule has 0 radical (unpaired) electrons. The van der Waals surface area contributed by atoms with Gasteiger partial charge in [-0.2, -0.15) is 0 Å². The summed E-state index contributed by atoms with van der Waals surface area (Å²) in [5.41, 5.74) is 13.3. The van der Waals surface area contributed by atoms with Gasteiger partial charge in [0.15, 0.2) is 0 Å². The Kier molecular flexibility index (Phi) is 7.99. The van der Waals surface area contributed by atoms with E-state index >= 15 is 0 Å². The molecule has 9 heteroatoms. The fourth-order valence-corrected chi connectivity index (χ4v) is 3.92. The maximum atomic E-state index is 13.6. The zero-order valence-electron chi connectivity index (χ0n) is 16.2. The Balaban J connectivity index is 0.00000300. The smallest absolute Gasteiger partial charge is 0.268 e. The van der Waals surface area contributed by atoms with E-state index in [0.717, 1.165) is 16.5 Å². The summed E-state index contributed by atoms with van der Waals surface area (Å²) in [6.45, 7) is 0.402. The molecular formula is C20H29ClF2N4O2. The van der Waals surface area contributed by atoms with Crippen LogP contribution < -0.4 is 16.8 Å². The lowest BCUT2D eigenvalue weighted by Gasteiger charge is -2.28. The van der Waals surface area contributed by atoms with Crippen LogP contribution in [0.5, 0.6) is 0 Å². The number of para-hydroxylation sites is 1. The zero-order chi connectivity index (χ0) is 20.3. The molecule has 0 saturated heterocycles. The van der Waals surface area contributed by atoms with Crippen molar-refractivity contribution in [2.24, 2.45) is 11.5 Å². The molecule has 1 aromatic heterocycles. The molecule has 0 spiro atoms. The van der Waals surface area contributed by atoms with Crippen molar-refractivity contribution in [1.82, 2.24) is 10.3 Å². The molecular weight excluding hydrogens is 402 g/mol. The van der Waals surface area contributed by atoms with Gasteiger partial charge < -0.3 is 26.9 Å². The number of benzene rings is 1. The molecule has 6 nitrogen and oxygen atoms in total. The molecule has 162 valence electrons. The maximum Gasteiger partial charge on any atom is 0.268 e. The van der Waals surface area contributed by atoms with E-state index in [1.807, 2.05) is 24.3 Å². The molecule has 0 bridgehead atoms. The Hall–Kier alpha value is -1.74. The second-order valence-electron chi connectivity index (χ2n) is 7.61. The average molecular weight is 431 g/mol. The van der Waals surface area contributed by atoms with Crippen molar-refractivity contribution in [3.63, 3.8) is 0 Å². The quantitative estimate of drug-likeness (QED) is 0.464. The molecule has 0 aliphatic heterocycles. The fraction of sp³-hybridized carbons (Fsp3) is 0.550. The zero-order valence-corrected chi connectivity index (χ0v) is 17.0. The van der Waals surface area contributed by atoms with Crippen LogP contribution in [-0.4, -0.2) is 47.2 Å². The van der Waals surface area contributed by atoms with Crippen molar-refractivity contribution >= 4 is 29.2 Å². The van der Waals surface area contributed by atoms with Gasteiger partial charge in [-0.05, 0) is 43.4 Å². The summed E-state index contributed by atoms with van der Waals surface area (Å²) in [6, 6.07) is 6.87. The molecule has 1 aliphatic carbocycles. The number of fused-ring (bicyclic) bond motifs is 1. The molecule has 1 fully saturated rings. The Morgan fingerprint density at radius 3 is 2.62 bits per heavy atom. The lowest BCUT2D eigenvalue weighted by Crippen LogP contribution is -2.45. The molecule has 2 atom stereocenters. The molecule has 1 saturated carbocycles. The van der Waals surface area contributed by atoms with Crippen molar-refractivity contribution in [2.45, 2.75) is 56.1 Å². The normalized spacial score (nSPS) is 18.8. The number of aliphatic hydroxyl groups excluding tert-OH is 1. The second-order valence-corrected chi connectivity index (χ2v) is 7.61. The van der Waals surface area contributed by atoms with Crippen LogP contribution >= 0.6 is 12.4 Å². The van der Waals surface area contributed by atoms with Crippen molar-refractivity contribution < 1.29 is 18.7 Å². The number of aromatic nitrogens is 1. The summed E-state index contributed by atoms with van der Waals surface area (Å²) in [6.07, 6.45) is -0.116. The second kappa shape index (κ2) is 9.84. The molecule has 7 N–H and O–H groups in total. The monoisotopic (exact) mass is 430 g/mol. The van der Waals surface area contributed by atoms with Gasteiger partial charge in [0.05, 0.1) is 6.10 Å². The van der Waals surface area contributed by atoms with Crippen LogP contribution in [0.2, 0.25) is 0 Å². The van der Waals surface area contributed by atoms with Gasteiger partial charge in [-0.25, -0.2) is 8.78 Å². The van der Waals surface area contributed by atoms with Crippen LogP contribution in [0.25, 0.3) is 10.9 Å². The lowest BCUT2D eigenvalue weighted by molar-refractivity contribution is -0.0381. The Labute approximate surface area is 174 Å². The third-order valence-corrected chi connectivity index (χ3v) is 5.55. The fourth-order valence-electron chi connectivity index (χ4n) is 3.92. The number of amides is 1. The van der Waals surface area contributed by atoms with Gasteiger partial charge in [0.2, 0.25) is 5.92 Å². The Bertz CT molecular complexity index is 820. The number of alkyl halides is 2. The van der Waals surface area contributed by atoms with Crippen LogP contribution in [0.1, 0.15) is 54.1 Å². The number of nitrogens with two attached hydrogens (primary N) is 2. The summed E-state index contributed by atoms with van der Waals surface area (Å²) < 4.78 is 27.2. The van der Waals surface area contributed by atoms with Crippen molar-refractivity contribution in [3.05, 3.63) is 35.5 Å². The molecule has 1 aliphatic rings. The van der Waals surface area contributed by atoms with Crippen molar-refractivity contribution in [3.8, 4) is 0 Å². The number of hydrogen-bond donors (Lipinski definition) is 5. The van der Waals surface area contributed by atoms with Gasteiger partial charge in [-0.15, -0.1) is 12.4 Å². The molecule has 3 rings (SSSR count). The van der Waals surface area contributed by atoms with E-state index in [9.17, 15) is 18.7 Å². The first-order chi connectivity index (χ1) is 13.3. The number of aliphatic hydroxyl groups is 1. The number of H-pyrrole nitrogens is 1. The van der Waals surface area contributed by atoms with E-state index < -0.39 is 18.1 Å². The number of hydrogen-bond acceptors (Lipinski definition) is 4. The average Bonchev–Trinajstić information content (AvgIpc) is 3.05. The van der Waals surface area contributed by atoms with Gasteiger partial charge in [0, 0.05) is 36.3 Å². The lowest BCUT2D eigenvalue weighted by atomic mass is 9.81. The van der Waals surface area contributed by atoms with Crippen LogP contribution in [0.4, 0.5) is 8.78 Å². The van der Waals surface area contributed by atoms with E-state index in [0.29, 0.717) is 31.5 Å². The number of rotatable bonds is 7. The predicted molar refractivity (Wildman–Crippen MR) is 112 cm³/mol. The molecule has 1 amide bonds. The SMILES string of the molecule is Cl.NCCC(O)[C@@H](N)CNC(=O)c1[nH]c2ccccc2c1C1CCC(F)(F)CC1. The highest BCUT2D eigenvalue weighted by Crippen LogP contribution is 2.43. The minimum Gasteiger partial charge on any atom is -0.391 e. The summed E-state index contributed by atoms with van der Waals surface area (Å²) in [5.74, 6) is -3.08. The van der Waals surface area contributed by atoms with Crippen LogP contribution in [0.15, 0.2) is 24.3 Å². The molecule has 2 aromatic rings. The largest absolute Gasteiger partial charge is 0.391 e. The first-order valence-corrected chi connectivity index (χ1v) is 9.72. The van der Waals surface area contributed by atoms with Gasteiger partial charge in [0.1, 0.15) is 5.69 Å². The van der Waals surface area contributed by atoms with Crippen LogP contribution in [0.3, 0.4) is 0 Å². The summed E-state index contributed by atoms with van der Waals surface area (Å²) >= 11 is 0. The third kappa shape index (κ3) is 5.45. The molecule has 1 unspecified atom stereocenters. The number of carbonyl (C=O) groups is 1. The minimum absolute atomic E-state index is 0. The van der Waals surface area contributed by atoms with Gasteiger partial charge in [-0.1, -0.05) is 18.2 Å². The number of aromatic amines is 1. The van der Waals surface area contributed by atoms with Crippen molar-refractivity contribution in [1.29, 1.82) is 0 Å². The number of carbonyl (C=O) groups excluding carboxylic acids is 1. The predicted octanol–water partition coefficient (Wildman–Crippen LogP) is 2.65. The third-order valence-electron chi connectivity index (χ3n) is 5.55. The van der Waals surface area contributed by atoms with E-state index in [-0.39, 0.29) is 43.6 Å². The van der Waals surface area contributed by atoms with E-state index in [2.05, 4.69) is 10.3 Å².